The van der Waals surface area contributed by atoms with Crippen LogP contribution in [0.2, 0.25) is 0 Å². The number of β-amino-alcohol motifs (C(OH)–C–C–N with tert-alkyl or cyclic N) is 1. The first-order chi connectivity index (χ1) is 30.9. The van der Waals surface area contributed by atoms with Gasteiger partial charge in [0, 0.05) is 47.7 Å². The van der Waals surface area contributed by atoms with E-state index in [4.69, 9.17) is 9.73 Å². The third-order valence-electron chi connectivity index (χ3n) is 12.9. The molecule has 1 unspecified atom stereocenters. The van der Waals surface area contributed by atoms with Crippen molar-refractivity contribution >= 4 is 57.8 Å². The van der Waals surface area contributed by atoms with Crippen LogP contribution in [0.1, 0.15) is 104 Å². The molecule has 15 nitrogen and oxygen atoms in total. The third kappa shape index (κ3) is 9.10. The fourth-order valence-electron chi connectivity index (χ4n) is 9.08. The maximum atomic E-state index is 14.4. The highest BCUT2D eigenvalue weighted by Crippen LogP contribution is 2.40. The van der Waals surface area contributed by atoms with Crippen molar-refractivity contribution in [3.63, 3.8) is 0 Å². The lowest BCUT2D eigenvalue weighted by Crippen LogP contribution is -2.58. The van der Waals surface area contributed by atoms with Gasteiger partial charge in [0.05, 0.1) is 53.4 Å². The second kappa shape index (κ2) is 18.2. The molecule has 2 saturated heterocycles. The zero-order valence-corrected chi connectivity index (χ0v) is 40.0. The number of fused-ring (bicyclic) bond motifs is 3. The van der Waals surface area contributed by atoms with Gasteiger partial charge in [-0.3, -0.25) is 28.7 Å². The van der Waals surface area contributed by atoms with Gasteiger partial charge in [0.1, 0.15) is 29.0 Å². The summed E-state index contributed by atoms with van der Waals surface area (Å²) < 4.78 is 7.04. The number of amides is 3. The summed E-state index contributed by atoms with van der Waals surface area (Å²) in [7, 11) is 1.37. The van der Waals surface area contributed by atoms with Crippen LogP contribution in [-0.4, -0.2) is 104 Å². The van der Waals surface area contributed by atoms with Gasteiger partial charge < -0.3 is 30.3 Å². The summed E-state index contributed by atoms with van der Waals surface area (Å²) in [4.78, 5) is 70.3. The Hall–Kier alpha value is -5.78. The van der Waals surface area contributed by atoms with Gasteiger partial charge in [0.15, 0.2) is 5.82 Å². The first-order valence-corrected chi connectivity index (χ1v) is 23.7. The Kier molecular flexibility index (Phi) is 12.8. The highest BCUT2D eigenvalue weighted by Gasteiger charge is 2.45. The van der Waals surface area contributed by atoms with Gasteiger partial charge in [0.25, 0.3) is 0 Å². The van der Waals surface area contributed by atoms with Crippen LogP contribution in [0, 0.1) is 39.0 Å². The molecule has 0 radical (unpaired) electrons. The van der Waals surface area contributed by atoms with Crippen LogP contribution in [0.25, 0.3) is 15.4 Å². The third-order valence-corrected chi connectivity index (χ3v) is 15.1. The molecule has 3 aliphatic heterocycles. The maximum absolute atomic E-state index is 14.4. The van der Waals surface area contributed by atoms with Gasteiger partial charge >= 0.3 is 5.97 Å². The number of aliphatic hydroxyl groups excluding tert-OH is 1. The second-order valence-electron chi connectivity index (χ2n) is 18.5. The number of aryl methyl sites for hydroxylation is 3. The topological polar surface area (TPSA) is 184 Å². The first-order valence-electron chi connectivity index (χ1n) is 22.1. The Bertz CT molecular complexity index is 2640. The molecular formula is C48H57N9O6S2. The van der Waals surface area contributed by atoms with Crippen molar-refractivity contribution < 1.29 is 29.0 Å². The number of aromatic nitrogens is 4. The largest absolute Gasteiger partial charge is 0.469 e. The SMILES string of the molecule is COC(=O)C[C@@H]1N=C(c2ccc(N3CCC(C(=O)N[C@H](C(=O)N4C[C@H](O)C[C@H]4C(=O)N[C@@H](C)c4ccc(-c5scnc5C)cc4)C(C)(C)C)C3)cc2)c2c(sc(C)c2C)-n2c(C)nnc21. The zero-order valence-electron chi connectivity index (χ0n) is 38.3. The molecule has 3 aliphatic rings. The first kappa shape index (κ1) is 45.8. The second-order valence-corrected chi connectivity index (χ2v) is 20.5. The van der Waals surface area contributed by atoms with Crippen molar-refractivity contribution in [3.05, 3.63) is 98.5 Å². The molecule has 2 fully saturated rings. The average Bonchev–Trinajstić information content (AvgIpc) is 4.12. The quantitative estimate of drug-likeness (QED) is 0.127. The van der Waals surface area contributed by atoms with E-state index in [2.05, 4.69) is 44.6 Å². The zero-order chi connectivity index (χ0) is 46.5. The Balaban J connectivity index is 0.941. The van der Waals surface area contributed by atoms with Crippen molar-refractivity contribution in [3.8, 4) is 15.4 Å². The Morgan fingerprint density at radius 2 is 1.65 bits per heavy atom. The molecule has 2 aromatic carbocycles. The molecule has 5 aromatic rings. The van der Waals surface area contributed by atoms with Crippen LogP contribution in [-0.2, 0) is 23.9 Å². The standard InChI is InChI=1S/C48H57N9O6S2/c1-25-28(4)65-47-39(25)40(51-36(21-38(59)63-9)43-54-53-29(5)57(43)47)31-14-16-34(17-15-31)55-19-18-33(22-55)44(60)52-42(48(6,7)8)46(62)56-23-35(58)20-37(56)45(61)50-26(2)30-10-12-32(13-11-30)41-27(3)49-24-64-41/h10-17,24,26,33,35-37,42,58H,18-23H2,1-9H3,(H,50,61)(H,52,60)/t26-,33?,35+,36-,37-,42+/m0/s1. The van der Waals surface area contributed by atoms with E-state index in [1.165, 1.54) is 12.0 Å². The molecule has 0 bridgehead atoms. The van der Waals surface area contributed by atoms with Gasteiger partial charge in [-0.2, -0.15) is 0 Å². The summed E-state index contributed by atoms with van der Waals surface area (Å²) >= 11 is 3.23. The number of thiazole rings is 1. The van der Waals surface area contributed by atoms with E-state index < -0.39 is 41.5 Å². The minimum Gasteiger partial charge on any atom is -0.469 e. The van der Waals surface area contributed by atoms with E-state index in [0.29, 0.717) is 31.2 Å². The van der Waals surface area contributed by atoms with Crippen LogP contribution >= 0.6 is 22.7 Å². The smallest absolute Gasteiger partial charge is 0.308 e. The molecule has 6 heterocycles. The number of rotatable bonds is 11. The molecule has 3 N–H and O–H groups in total. The molecule has 17 heteroatoms. The number of carbonyl (C=O) groups excluding carboxylic acids is 4. The highest BCUT2D eigenvalue weighted by molar-refractivity contribution is 7.15. The number of aliphatic hydroxyl groups is 1. The van der Waals surface area contributed by atoms with Gasteiger partial charge in [-0.1, -0.05) is 57.2 Å². The molecule has 8 rings (SSSR count). The lowest BCUT2D eigenvalue weighted by molar-refractivity contribution is -0.144. The van der Waals surface area contributed by atoms with E-state index in [0.717, 1.165) is 59.7 Å². The molecule has 0 saturated carbocycles. The number of likely N-dealkylation sites (tertiary alicyclic amines) is 1. The minimum atomic E-state index is -0.932. The summed E-state index contributed by atoms with van der Waals surface area (Å²) in [5.41, 5.74) is 8.72. The van der Waals surface area contributed by atoms with E-state index in [1.807, 2.05) is 100 Å². The monoisotopic (exact) mass is 919 g/mol. The normalized spacial score (nSPS) is 20.4. The number of nitrogens with zero attached hydrogens (tertiary/aromatic N) is 7. The lowest BCUT2D eigenvalue weighted by Gasteiger charge is -2.36. The molecule has 0 aliphatic carbocycles. The number of esters is 1. The summed E-state index contributed by atoms with van der Waals surface area (Å²) in [5.74, 6) is -0.449. The van der Waals surface area contributed by atoms with Crippen LogP contribution in [0.15, 0.2) is 59.0 Å². The Morgan fingerprint density at radius 3 is 2.31 bits per heavy atom. The highest BCUT2D eigenvalue weighted by atomic mass is 32.1. The van der Waals surface area contributed by atoms with Crippen molar-refractivity contribution in [1.29, 1.82) is 0 Å². The summed E-state index contributed by atoms with van der Waals surface area (Å²) in [5, 5.41) is 26.7. The van der Waals surface area contributed by atoms with E-state index in [1.54, 1.807) is 22.7 Å². The lowest BCUT2D eigenvalue weighted by atomic mass is 9.85. The fraction of sp³-hybridized carbons (Fsp3) is 0.458. The molecular weight excluding hydrogens is 863 g/mol. The maximum Gasteiger partial charge on any atom is 0.308 e. The summed E-state index contributed by atoms with van der Waals surface area (Å²) in [6.45, 7) is 16.7. The molecule has 342 valence electrons. The van der Waals surface area contributed by atoms with Gasteiger partial charge in [0.2, 0.25) is 17.7 Å². The summed E-state index contributed by atoms with van der Waals surface area (Å²) in [6.07, 6.45) is -0.166. The van der Waals surface area contributed by atoms with Crippen LogP contribution in [0.4, 0.5) is 5.69 Å². The molecule has 65 heavy (non-hydrogen) atoms. The minimum absolute atomic E-state index is 0.00396. The predicted octanol–water partition coefficient (Wildman–Crippen LogP) is 6.34. The number of ether oxygens (including phenoxy) is 1. The number of methoxy groups -OCH3 is 1. The van der Waals surface area contributed by atoms with E-state index >= 15 is 0 Å². The van der Waals surface area contributed by atoms with Crippen molar-refractivity contribution in [1.82, 2.24) is 35.3 Å². The van der Waals surface area contributed by atoms with Crippen molar-refractivity contribution in [2.75, 3.05) is 31.6 Å². The van der Waals surface area contributed by atoms with E-state index in [9.17, 15) is 24.3 Å². The number of benzene rings is 2. The average molecular weight is 920 g/mol. The molecule has 3 amide bonds. The molecule has 6 atom stereocenters. The number of hydrogen-bond donors (Lipinski definition) is 3. The van der Waals surface area contributed by atoms with E-state index in [-0.39, 0.29) is 43.2 Å². The van der Waals surface area contributed by atoms with Gasteiger partial charge in [-0.15, -0.1) is 32.9 Å². The van der Waals surface area contributed by atoms with Gasteiger partial charge in [-0.25, -0.2) is 4.98 Å². The number of carbonyl (C=O) groups is 4. The van der Waals surface area contributed by atoms with Crippen LogP contribution in [0.5, 0.6) is 0 Å². The van der Waals surface area contributed by atoms with Crippen molar-refractivity contribution in [2.45, 2.75) is 105 Å². The Labute approximate surface area is 387 Å². The molecule has 3 aromatic heterocycles. The predicted molar refractivity (Wildman–Crippen MR) is 252 cm³/mol. The number of hydrogen-bond acceptors (Lipinski definition) is 13. The number of aliphatic imine (C=N–C) groups is 1. The van der Waals surface area contributed by atoms with Gasteiger partial charge in [-0.05, 0) is 75.3 Å². The molecule has 0 spiro atoms. The number of nitrogens with one attached hydrogen (secondary N) is 2. The van der Waals surface area contributed by atoms with Crippen molar-refractivity contribution in [2.24, 2.45) is 16.3 Å². The number of thiophene rings is 1. The number of anilines is 1. The summed E-state index contributed by atoms with van der Waals surface area (Å²) in [6, 6.07) is 13.3. The van der Waals surface area contributed by atoms with Crippen LogP contribution in [0.3, 0.4) is 0 Å². The fourth-order valence-corrected chi connectivity index (χ4v) is 11.1. The van der Waals surface area contributed by atoms with Crippen LogP contribution < -0.4 is 15.5 Å². The Morgan fingerprint density at radius 1 is 0.938 bits per heavy atom.